The van der Waals surface area contributed by atoms with E-state index in [2.05, 4.69) is 38.6 Å². The molecule has 0 bridgehead atoms. The number of nitrogens with two attached hydrogens (primary N) is 1. The first kappa shape index (κ1) is 56.4. The summed E-state index contributed by atoms with van der Waals surface area (Å²) >= 11 is 0. The Hall–Kier alpha value is -8.51. The lowest BCUT2D eigenvalue weighted by atomic mass is 9.86. The van der Waals surface area contributed by atoms with Crippen molar-refractivity contribution in [1.82, 2.24) is 35.0 Å². The van der Waals surface area contributed by atoms with E-state index in [1.165, 1.54) is 5.56 Å². The minimum atomic E-state index is -0.399. The number of nitrogen functional groups attached to an aromatic ring is 1. The maximum absolute atomic E-state index is 12.3. The summed E-state index contributed by atoms with van der Waals surface area (Å²) in [6.45, 7) is 19.4. The van der Waals surface area contributed by atoms with Crippen LogP contribution in [0.3, 0.4) is 0 Å². The van der Waals surface area contributed by atoms with E-state index in [4.69, 9.17) is 5.73 Å². The Balaban J connectivity index is 0.000000203. The third kappa shape index (κ3) is 14.1. The van der Waals surface area contributed by atoms with E-state index in [0.29, 0.717) is 5.56 Å². The predicted octanol–water partition coefficient (Wildman–Crippen LogP) is 14.8. The molecule has 0 aliphatic heterocycles. The number of carbonyl (C=O) groups is 3. The predicted molar refractivity (Wildman–Crippen MR) is 301 cm³/mol. The lowest BCUT2D eigenvalue weighted by Gasteiger charge is -2.16. The molecule has 0 radical (unpaired) electrons. The van der Waals surface area contributed by atoms with Gasteiger partial charge in [-0.2, -0.15) is 0 Å². The van der Waals surface area contributed by atoms with E-state index in [9.17, 15) is 19.5 Å². The van der Waals surface area contributed by atoms with Crippen molar-refractivity contribution in [1.29, 1.82) is 0 Å². The molecule has 0 unspecified atom stereocenters. The first-order valence-corrected chi connectivity index (χ1v) is 23.7. The number of aromatic amines is 1. The number of Topliss-reactive ketones (excluding diaryl/α,β-unsaturated/α-hetero) is 3. The number of carbonyl (C=O) groups excluding carboxylic acids is 3. The third-order valence-electron chi connectivity index (χ3n) is 11.7. The molecular weight excluding hydrogens is 921 g/mol. The fourth-order valence-corrected chi connectivity index (χ4v) is 7.44. The second-order valence-electron chi connectivity index (χ2n) is 20.8. The highest BCUT2D eigenvalue weighted by molar-refractivity contribution is 6.01. The number of hydrogen-bond acceptors (Lipinski definition) is 9. The summed E-state index contributed by atoms with van der Waals surface area (Å²) in [6, 6.07) is 47.5. The highest BCUT2D eigenvalue weighted by Crippen LogP contribution is 2.30. The van der Waals surface area contributed by atoms with Crippen LogP contribution in [0.2, 0.25) is 0 Å². The lowest BCUT2D eigenvalue weighted by molar-refractivity contribution is 0.0852. The van der Waals surface area contributed by atoms with E-state index in [0.717, 1.165) is 73.1 Å². The van der Waals surface area contributed by atoms with Crippen molar-refractivity contribution in [3.8, 4) is 62.0 Å². The van der Waals surface area contributed by atoms with Crippen LogP contribution >= 0.6 is 0 Å². The van der Waals surface area contributed by atoms with Crippen LogP contribution in [-0.2, 0) is 0 Å². The second kappa shape index (κ2) is 23.4. The number of benzene rings is 6. The number of nitrogens with zero attached hydrogens (tertiary/aromatic N) is 6. The number of aryl methyl sites for hydroxylation is 1. The molecule has 0 aliphatic carbocycles. The van der Waals surface area contributed by atoms with Crippen LogP contribution in [0.5, 0.6) is 5.75 Å². The number of aromatic nitrogens is 7. The number of aromatic hydroxyl groups is 1. The van der Waals surface area contributed by atoms with Crippen LogP contribution < -0.4 is 5.73 Å². The molecule has 0 saturated heterocycles. The number of H-pyrrole nitrogens is 1. The van der Waals surface area contributed by atoms with Crippen molar-refractivity contribution in [2.24, 2.45) is 16.2 Å². The van der Waals surface area contributed by atoms with Gasteiger partial charge in [-0.25, -0.2) is 9.36 Å². The number of ketones is 3. The van der Waals surface area contributed by atoms with Gasteiger partial charge < -0.3 is 15.8 Å². The van der Waals surface area contributed by atoms with Gasteiger partial charge in [0.1, 0.15) is 17.1 Å². The first-order valence-electron chi connectivity index (χ1n) is 23.7. The van der Waals surface area contributed by atoms with Crippen LogP contribution in [0, 0.1) is 23.2 Å². The van der Waals surface area contributed by atoms with E-state index in [-0.39, 0.29) is 48.8 Å². The Morgan fingerprint density at radius 2 is 0.824 bits per heavy atom. The van der Waals surface area contributed by atoms with Crippen molar-refractivity contribution in [3.05, 3.63) is 193 Å². The average Bonchev–Trinajstić information content (AvgIpc) is 4.17. The van der Waals surface area contributed by atoms with Gasteiger partial charge in [-0.05, 0) is 78.2 Å². The normalized spacial score (nSPS) is 11.2. The topological polar surface area (TPSA) is 175 Å². The van der Waals surface area contributed by atoms with Crippen LogP contribution in [0.25, 0.3) is 56.3 Å². The van der Waals surface area contributed by atoms with Gasteiger partial charge in [-0.15, -0.1) is 10.2 Å². The molecule has 0 aliphatic rings. The number of rotatable bonds is 9. The summed E-state index contributed by atoms with van der Waals surface area (Å²) < 4.78 is 3.39. The minimum Gasteiger partial charge on any atom is -0.508 e. The molecule has 12 heteroatoms. The molecule has 9 rings (SSSR count). The molecule has 3 heterocycles. The van der Waals surface area contributed by atoms with Gasteiger partial charge in [-0.3, -0.25) is 14.4 Å². The van der Waals surface area contributed by atoms with Crippen molar-refractivity contribution in [2.45, 2.75) is 84.1 Å². The van der Waals surface area contributed by atoms with Gasteiger partial charge in [0.25, 0.3) is 0 Å². The smallest absolute Gasteiger partial charge is 0.168 e. The Kier molecular flexibility index (Phi) is 17.8. The fraction of sp³-hybridized carbons (Fsp3) is 0.242. The Bertz CT molecular complexity index is 2920. The molecular formula is C62H70N8O4. The Morgan fingerprint density at radius 1 is 0.473 bits per heavy atom. The van der Waals surface area contributed by atoms with E-state index in [1.807, 2.05) is 202 Å². The summed E-state index contributed by atoms with van der Waals surface area (Å²) in [6.07, 6.45) is 5.69. The lowest BCUT2D eigenvalue weighted by Crippen LogP contribution is -2.19. The molecule has 12 nitrogen and oxygen atoms in total. The zero-order chi connectivity index (χ0) is 52.0. The van der Waals surface area contributed by atoms with Crippen LogP contribution in [-0.4, -0.2) is 57.4 Å². The number of anilines is 1. The molecule has 382 valence electrons. The van der Waals surface area contributed by atoms with Crippen molar-refractivity contribution >= 4 is 23.0 Å². The highest BCUT2D eigenvalue weighted by Gasteiger charge is 2.25. The van der Waals surface area contributed by atoms with Crippen LogP contribution in [0.1, 0.15) is 114 Å². The number of phenolic OH excluding ortho intramolecular Hbond substituents is 1. The van der Waals surface area contributed by atoms with Crippen molar-refractivity contribution in [2.75, 3.05) is 5.73 Å². The Labute approximate surface area is 436 Å². The van der Waals surface area contributed by atoms with Crippen molar-refractivity contribution in [3.63, 3.8) is 0 Å². The van der Waals surface area contributed by atoms with E-state index in [1.54, 1.807) is 33.6 Å². The summed E-state index contributed by atoms with van der Waals surface area (Å²) in [7, 11) is 0. The SMILES string of the molecule is C.C.CC(C)(C)C(=O)c1ccc(-c2cc(-c3ccc(N)cc3)c[nH]2)cc1.CC(C)(C)C(=O)c1ccc(-c2cn(-c3ccc(O)cc3)nn2)cc1.Cc1ccc(-n2cc(-c3ccc(C(=O)C(C)(C)C)cc3)nn2)cc1. The van der Waals surface area contributed by atoms with Gasteiger partial charge in [0.15, 0.2) is 17.3 Å². The summed E-state index contributed by atoms with van der Waals surface area (Å²) in [5, 5.41) is 26.0. The summed E-state index contributed by atoms with van der Waals surface area (Å²) in [5.41, 5.74) is 18.1. The van der Waals surface area contributed by atoms with Crippen LogP contribution in [0.15, 0.2) is 170 Å². The van der Waals surface area contributed by atoms with Crippen LogP contribution in [0.4, 0.5) is 5.69 Å². The first-order chi connectivity index (χ1) is 34.0. The van der Waals surface area contributed by atoms with E-state index < -0.39 is 5.41 Å². The zero-order valence-electron chi connectivity index (χ0n) is 42.6. The maximum atomic E-state index is 12.3. The zero-order valence-corrected chi connectivity index (χ0v) is 42.6. The number of phenols is 1. The molecule has 3 aromatic heterocycles. The number of nitrogens with one attached hydrogen (secondary N) is 1. The molecule has 4 N–H and O–H groups in total. The largest absolute Gasteiger partial charge is 0.508 e. The van der Waals surface area contributed by atoms with Gasteiger partial charge in [0, 0.05) is 61.6 Å². The standard InChI is InChI=1S/C21H22N2O.C20H21N3O.C19H19N3O2.2CH4/c1-21(2,3)20(24)16-6-4-15(5-7-16)19-12-17(13-23-19)14-8-10-18(22)11-9-14;1-14-5-11-17(12-6-14)23-13-18(21-22-23)15-7-9-16(10-8-15)19(24)20(2,3)4;1-19(2,3)18(24)14-6-4-13(5-7-14)17-12-22(21-20-17)15-8-10-16(23)11-9-15;;/h4-13,23H,22H2,1-3H3;5-13H,1-4H3;4-12,23H,1-3H3;2*1H4. The third-order valence-corrected chi connectivity index (χ3v) is 11.7. The minimum absolute atomic E-state index is 0. The quantitative estimate of drug-likeness (QED) is 0.0939. The molecule has 0 saturated carbocycles. The van der Waals surface area contributed by atoms with Crippen molar-refractivity contribution < 1.29 is 19.5 Å². The molecule has 0 atom stereocenters. The molecule has 74 heavy (non-hydrogen) atoms. The molecule has 0 fully saturated rings. The molecule has 9 aromatic rings. The monoisotopic (exact) mass is 991 g/mol. The molecule has 0 amide bonds. The summed E-state index contributed by atoms with van der Waals surface area (Å²) in [4.78, 5) is 40.2. The maximum Gasteiger partial charge on any atom is 0.168 e. The average molecular weight is 991 g/mol. The van der Waals surface area contributed by atoms with Gasteiger partial charge in [0.05, 0.1) is 23.8 Å². The summed E-state index contributed by atoms with van der Waals surface area (Å²) in [5.74, 6) is 0.612. The number of hydrogen-bond donors (Lipinski definition) is 3. The second-order valence-corrected chi connectivity index (χ2v) is 20.8. The van der Waals surface area contributed by atoms with E-state index >= 15 is 0 Å². The van der Waals surface area contributed by atoms with Gasteiger partial charge >= 0.3 is 0 Å². The highest BCUT2D eigenvalue weighted by atomic mass is 16.3. The van der Waals surface area contributed by atoms with Gasteiger partial charge in [-0.1, -0.05) is 190 Å². The fourth-order valence-electron chi connectivity index (χ4n) is 7.44. The van der Waals surface area contributed by atoms with Gasteiger partial charge in [0.2, 0.25) is 0 Å². The Morgan fingerprint density at radius 3 is 1.20 bits per heavy atom. The molecule has 0 spiro atoms. The molecule has 6 aromatic carbocycles.